The van der Waals surface area contributed by atoms with Gasteiger partial charge in [0.1, 0.15) is 30.4 Å². The van der Waals surface area contributed by atoms with E-state index in [4.69, 9.17) is 9.47 Å². The fraction of sp³-hybridized carbons (Fsp3) is 0.480. The summed E-state index contributed by atoms with van der Waals surface area (Å²) in [6.45, 7) is 3.97. The Kier molecular flexibility index (Phi) is 5.58. The number of morpholine rings is 1. The lowest BCUT2D eigenvalue weighted by Crippen LogP contribution is -3.00. The van der Waals surface area contributed by atoms with E-state index in [0.717, 1.165) is 28.5 Å². The van der Waals surface area contributed by atoms with Crippen LogP contribution in [0.4, 0.5) is 0 Å². The Morgan fingerprint density at radius 3 is 1.77 bits per heavy atom. The number of aliphatic hydroxyl groups is 1. The fourth-order valence-corrected chi connectivity index (χ4v) is 5.53. The molecule has 3 unspecified atom stereocenters. The molecule has 3 aliphatic rings. The summed E-state index contributed by atoms with van der Waals surface area (Å²) < 4.78 is 12.8. The first-order valence-electron chi connectivity index (χ1n) is 10.8. The molecule has 3 saturated heterocycles. The average molecular weight is 488 g/mol. The van der Waals surface area contributed by atoms with Gasteiger partial charge in [0.25, 0.3) is 0 Å². The number of aryl methyl sites for hydroxylation is 2. The van der Waals surface area contributed by atoms with E-state index in [0.29, 0.717) is 35.4 Å². The number of likely N-dealkylation sites (N-methyl/N-ethyl adjacent to an activating group) is 1. The van der Waals surface area contributed by atoms with Gasteiger partial charge in [-0.2, -0.15) is 0 Å². The molecule has 5 nitrogen and oxygen atoms in total. The van der Waals surface area contributed by atoms with Crippen LogP contribution in [0.2, 0.25) is 0 Å². The number of carbonyl (C=O) groups is 1. The van der Waals surface area contributed by atoms with Crippen LogP contribution < -0.4 is 17.0 Å². The van der Waals surface area contributed by atoms with E-state index in [-0.39, 0.29) is 23.1 Å². The summed E-state index contributed by atoms with van der Waals surface area (Å²) in [5, 5.41) is 11.7. The Morgan fingerprint density at radius 2 is 1.35 bits per heavy atom. The molecule has 0 amide bonds. The first kappa shape index (κ1) is 22.5. The van der Waals surface area contributed by atoms with Crippen LogP contribution in [0.25, 0.3) is 0 Å². The number of nitrogens with zero attached hydrogens (tertiary/aromatic N) is 1. The third kappa shape index (κ3) is 3.54. The lowest BCUT2D eigenvalue weighted by atomic mass is 9.85. The Morgan fingerprint density at radius 1 is 0.935 bits per heavy atom. The summed E-state index contributed by atoms with van der Waals surface area (Å²) in [6.07, 6.45) is 1.93. The van der Waals surface area contributed by atoms with E-state index < -0.39 is 11.6 Å². The van der Waals surface area contributed by atoms with Gasteiger partial charge in [-0.25, -0.2) is 4.79 Å². The van der Waals surface area contributed by atoms with Crippen LogP contribution in [-0.4, -0.2) is 60.0 Å². The molecular weight excluding hydrogens is 458 g/mol. The third-order valence-corrected chi connectivity index (χ3v) is 7.55. The SMILES string of the molecule is Cc1ccc(C(O)(C(=O)OC2CC3C4O[C@@H]4[C@H](C2)[N+]3(C)C)c2ccc(C)cc2)cc1.[Br-]. The van der Waals surface area contributed by atoms with E-state index in [9.17, 15) is 9.90 Å². The number of ether oxygens (including phenoxy) is 2. The monoisotopic (exact) mass is 487 g/mol. The van der Waals surface area contributed by atoms with Gasteiger partial charge in [0.05, 0.1) is 14.1 Å². The average Bonchev–Trinajstić information content (AvgIpc) is 3.47. The number of quaternary nitrogens is 1. The predicted octanol–water partition coefficient (Wildman–Crippen LogP) is -0.156. The highest BCUT2D eigenvalue weighted by atomic mass is 79.9. The molecule has 2 bridgehead atoms. The Balaban J connectivity index is 0.00000231. The number of piperidine rings is 1. The number of carbonyl (C=O) groups excluding carboxylic acids is 1. The zero-order valence-electron chi connectivity index (χ0n) is 18.4. The van der Waals surface area contributed by atoms with Gasteiger partial charge < -0.3 is 36.0 Å². The topological polar surface area (TPSA) is 59.1 Å². The summed E-state index contributed by atoms with van der Waals surface area (Å²) in [5.41, 5.74) is 1.37. The van der Waals surface area contributed by atoms with Crippen LogP contribution in [0.15, 0.2) is 48.5 Å². The third-order valence-electron chi connectivity index (χ3n) is 7.55. The van der Waals surface area contributed by atoms with Gasteiger partial charge in [-0.05, 0) is 25.0 Å². The van der Waals surface area contributed by atoms with E-state index in [1.54, 1.807) is 0 Å². The van der Waals surface area contributed by atoms with E-state index in [2.05, 4.69) is 14.1 Å². The van der Waals surface area contributed by atoms with Crippen LogP contribution in [0.1, 0.15) is 35.1 Å². The Labute approximate surface area is 194 Å². The summed E-state index contributed by atoms with van der Waals surface area (Å²) in [5.74, 6) is -0.596. The molecule has 0 aliphatic carbocycles. The number of esters is 1. The molecule has 166 valence electrons. The number of fused-ring (bicyclic) bond motifs is 5. The second-order valence-corrected chi connectivity index (χ2v) is 9.77. The number of epoxide rings is 1. The van der Waals surface area contributed by atoms with Gasteiger partial charge in [-0.15, -0.1) is 0 Å². The van der Waals surface area contributed by atoms with Crippen molar-refractivity contribution >= 4 is 5.97 Å². The van der Waals surface area contributed by atoms with Crippen LogP contribution in [0.3, 0.4) is 0 Å². The minimum Gasteiger partial charge on any atom is -1.00 e. The first-order chi connectivity index (χ1) is 14.2. The van der Waals surface area contributed by atoms with Gasteiger partial charge in [0, 0.05) is 12.8 Å². The highest BCUT2D eigenvalue weighted by Gasteiger charge is 2.70. The number of hydrogen-bond acceptors (Lipinski definition) is 4. The molecule has 5 rings (SSSR count). The van der Waals surface area contributed by atoms with Crippen molar-refractivity contribution in [1.29, 1.82) is 0 Å². The van der Waals surface area contributed by atoms with Gasteiger partial charge in [0.15, 0.2) is 0 Å². The quantitative estimate of drug-likeness (QED) is 0.370. The predicted molar refractivity (Wildman–Crippen MR) is 113 cm³/mol. The number of benzene rings is 2. The van der Waals surface area contributed by atoms with Crippen LogP contribution in [0, 0.1) is 13.8 Å². The van der Waals surface area contributed by atoms with Crippen molar-refractivity contribution in [2.24, 2.45) is 0 Å². The Bertz CT molecular complexity index is 907. The van der Waals surface area contributed by atoms with Gasteiger partial charge in [0.2, 0.25) is 5.60 Å². The zero-order valence-corrected chi connectivity index (χ0v) is 20.0. The largest absolute Gasteiger partial charge is 1.00 e. The Hall–Kier alpha value is -1.73. The molecule has 0 spiro atoms. The fourth-order valence-electron chi connectivity index (χ4n) is 5.53. The number of halogens is 1. The molecule has 3 fully saturated rings. The van der Waals surface area contributed by atoms with Gasteiger partial charge >= 0.3 is 5.97 Å². The van der Waals surface area contributed by atoms with Crippen LogP contribution >= 0.6 is 0 Å². The summed E-state index contributed by atoms with van der Waals surface area (Å²) in [6, 6.07) is 15.6. The maximum absolute atomic E-state index is 13.5. The minimum atomic E-state index is -1.83. The molecule has 3 aliphatic heterocycles. The van der Waals surface area contributed by atoms with Gasteiger partial charge in [-0.1, -0.05) is 59.7 Å². The molecule has 2 aromatic carbocycles. The van der Waals surface area contributed by atoms with Crippen molar-refractivity contribution in [3.8, 4) is 0 Å². The second-order valence-electron chi connectivity index (χ2n) is 9.77. The smallest absolute Gasteiger partial charge is 0.347 e. The standard InChI is InChI=1S/C25H30NO4.BrH/c1-15-5-9-17(10-6-15)25(28,18-11-7-16(2)8-12-18)24(27)29-19-13-20-22-23(30-22)21(14-19)26(20,3)4;/h5-12,19-23,28H,13-14H2,1-4H3;1H/q+1;/p-1/t19?,20-,21?,22+,23?;/m0./s1. The number of hydrogen-bond donors (Lipinski definition) is 1. The van der Waals surface area contributed by atoms with Crippen molar-refractivity contribution in [3.63, 3.8) is 0 Å². The van der Waals surface area contributed by atoms with Crippen molar-refractivity contribution in [2.45, 2.75) is 62.7 Å². The van der Waals surface area contributed by atoms with Gasteiger partial charge in [-0.3, -0.25) is 0 Å². The molecule has 6 heteroatoms. The molecule has 5 atom stereocenters. The van der Waals surface area contributed by atoms with E-state index in [1.807, 2.05) is 62.4 Å². The summed E-state index contributed by atoms with van der Waals surface area (Å²) in [4.78, 5) is 13.5. The van der Waals surface area contributed by atoms with Crippen LogP contribution in [-0.2, 0) is 19.9 Å². The normalized spacial score (nSPS) is 30.2. The summed E-state index contributed by atoms with van der Waals surface area (Å²) >= 11 is 0. The maximum atomic E-state index is 13.5. The maximum Gasteiger partial charge on any atom is 0.347 e. The molecule has 2 aromatic rings. The lowest BCUT2D eigenvalue weighted by Gasteiger charge is -2.45. The molecule has 31 heavy (non-hydrogen) atoms. The summed E-state index contributed by atoms with van der Waals surface area (Å²) in [7, 11) is 4.50. The highest BCUT2D eigenvalue weighted by Crippen LogP contribution is 2.51. The first-order valence-corrected chi connectivity index (χ1v) is 10.8. The number of rotatable bonds is 4. The van der Waals surface area contributed by atoms with Crippen LogP contribution in [0.5, 0.6) is 0 Å². The molecule has 3 heterocycles. The molecular formula is C25H30BrNO4. The van der Waals surface area contributed by atoms with E-state index >= 15 is 0 Å². The minimum absolute atomic E-state index is 0. The lowest BCUT2D eigenvalue weighted by molar-refractivity contribution is -0.938. The molecule has 0 aromatic heterocycles. The van der Waals surface area contributed by atoms with Crippen molar-refractivity contribution in [3.05, 3.63) is 70.8 Å². The highest BCUT2D eigenvalue weighted by molar-refractivity contribution is 5.85. The van der Waals surface area contributed by atoms with E-state index in [1.165, 1.54) is 0 Å². The molecule has 0 radical (unpaired) electrons. The zero-order chi connectivity index (χ0) is 21.3. The molecule has 0 saturated carbocycles. The van der Waals surface area contributed by atoms with Crippen molar-refractivity contribution in [2.75, 3.05) is 14.1 Å². The second kappa shape index (κ2) is 7.69. The van der Waals surface area contributed by atoms with Crippen molar-refractivity contribution < 1.29 is 40.8 Å². The van der Waals surface area contributed by atoms with Crippen molar-refractivity contribution in [1.82, 2.24) is 0 Å². The molecule has 1 N–H and O–H groups in total.